The summed E-state index contributed by atoms with van der Waals surface area (Å²) >= 11 is 0. The van der Waals surface area contributed by atoms with Crippen LogP contribution in [-0.2, 0) is 4.79 Å². The quantitative estimate of drug-likeness (QED) is 0.579. The van der Waals surface area contributed by atoms with Crippen LogP contribution in [0.5, 0.6) is 5.75 Å². The Labute approximate surface area is 136 Å². The molecule has 2 rings (SSSR count). The number of aryl methyl sites for hydroxylation is 1. The average molecular weight is 311 g/mol. The van der Waals surface area contributed by atoms with E-state index in [1.54, 1.807) is 29.2 Å². The molecule has 0 radical (unpaired) electrons. The van der Waals surface area contributed by atoms with Gasteiger partial charge in [0.25, 0.3) is 5.91 Å². The second kappa shape index (κ2) is 8.13. The summed E-state index contributed by atoms with van der Waals surface area (Å²) in [7, 11) is 0. The standard InChI is InChI=1S/C19H21NO3/c1-3-20(17-9-4-7-15(2)13-17)19(22)16-8-5-10-18(14-16)23-12-6-11-21/h4-5,7-11,13-14H,3,6,12H2,1-2H3. The van der Waals surface area contributed by atoms with E-state index in [1.807, 2.05) is 38.1 Å². The molecular formula is C19H21NO3. The average Bonchev–Trinajstić information content (AvgIpc) is 2.56. The van der Waals surface area contributed by atoms with Gasteiger partial charge in [-0.25, -0.2) is 0 Å². The molecule has 0 saturated heterocycles. The Hall–Kier alpha value is -2.62. The van der Waals surface area contributed by atoms with Gasteiger partial charge < -0.3 is 14.4 Å². The number of hydrogen-bond acceptors (Lipinski definition) is 3. The van der Waals surface area contributed by atoms with Crippen molar-refractivity contribution >= 4 is 17.9 Å². The third kappa shape index (κ3) is 4.42. The minimum absolute atomic E-state index is 0.0704. The van der Waals surface area contributed by atoms with Crippen molar-refractivity contribution in [1.82, 2.24) is 0 Å². The van der Waals surface area contributed by atoms with Crippen LogP contribution in [0.4, 0.5) is 5.69 Å². The normalized spacial score (nSPS) is 10.2. The van der Waals surface area contributed by atoms with E-state index in [-0.39, 0.29) is 5.91 Å². The van der Waals surface area contributed by atoms with Crippen molar-refractivity contribution in [3.63, 3.8) is 0 Å². The summed E-state index contributed by atoms with van der Waals surface area (Å²) < 4.78 is 5.47. The van der Waals surface area contributed by atoms with Crippen LogP contribution in [0, 0.1) is 6.92 Å². The van der Waals surface area contributed by atoms with Gasteiger partial charge in [0.15, 0.2) is 0 Å². The number of carbonyl (C=O) groups excluding carboxylic acids is 2. The minimum atomic E-state index is -0.0704. The maximum atomic E-state index is 12.8. The second-order valence-electron chi connectivity index (χ2n) is 5.22. The molecule has 1 amide bonds. The van der Waals surface area contributed by atoms with E-state index >= 15 is 0 Å². The van der Waals surface area contributed by atoms with Crippen molar-refractivity contribution in [3.8, 4) is 5.75 Å². The van der Waals surface area contributed by atoms with Gasteiger partial charge in [0, 0.05) is 24.2 Å². The Morgan fingerprint density at radius 3 is 2.65 bits per heavy atom. The van der Waals surface area contributed by atoms with E-state index in [4.69, 9.17) is 4.74 Å². The van der Waals surface area contributed by atoms with Gasteiger partial charge in [-0.05, 0) is 49.7 Å². The molecule has 0 aromatic heterocycles. The van der Waals surface area contributed by atoms with Crippen molar-refractivity contribution in [1.29, 1.82) is 0 Å². The number of hydrogen-bond donors (Lipinski definition) is 0. The number of anilines is 1. The second-order valence-corrected chi connectivity index (χ2v) is 5.22. The van der Waals surface area contributed by atoms with E-state index < -0.39 is 0 Å². The molecule has 0 saturated carbocycles. The lowest BCUT2D eigenvalue weighted by Gasteiger charge is -2.22. The highest BCUT2D eigenvalue weighted by Gasteiger charge is 2.16. The third-order valence-corrected chi connectivity index (χ3v) is 3.46. The molecule has 0 heterocycles. The van der Waals surface area contributed by atoms with Gasteiger partial charge in [-0.15, -0.1) is 0 Å². The van der Waals surface area contributed by atoms with Gasteiger partial charge in [-0.2, -0.15) is 0 Å². The van der Waals surface area contributed by atoms with Gasteiger partial charge in [-0.3, -0.25) is 4.79 Å². The minimum Gasteiger partial charge on any atom is -0.493 e. The Bertz CT molecular complexity index is 682. The summed E-state index contributed by atoms with van der Waals surface area (Å²) in [5.74, 6) is 0.525. The lowest BCUT2D eigenvalue weighted by molar-refractivity contribution is -0.108. The van der Waals surface area contributed by atoms with Crippen LogP contribution < -0.4 is 9.64 Å². The molecule has 0 fully saturated rings. The van der Waals surface area contributed by atoms with Crippen LogP contribution in [0.3, 0.4) is 0 Å². The first kappa shape index (κ1) is 16.7. The molecule has 0 aliphatic rings. The molecule has 0 spiro atoms. The molecule has 0 bridgehead atoms. The molecule has 0 aliphatic carbocycles. The largest absolute Gasteiger partial charge is 0.493 e. The molecule has 4 heteroatoms. The molecular weight excluding hydrogens is 290 g/mol. The predicted molar refractivity (Wildman–Crippen MR) is 91.1 cm³/mol. The highest BCUT2D eigenvalue weighted by atomic mass is 16.5. The predicted octanol–water partition coefficient (Wildman–Crippen LogP) is 3.63. The van der Waals surface area contributed by atoms with Gasteiger partial charge in [0.1, 0.15) is 12.0 Å². The molecule has 0 N–H and O–H groups in total. The van der Waals surface area contributed by atoms with Gasteiger partial charge >= 0.3 is 0 Å². The molecule has 0 atom stereocenters. The smallest absolute Gasteiger partial charge is 0.258 e. The highest BCUT2D eigenvalue weighted by Crippen LogP contribution is 2.21. The number of amides is 1. The lowest BCUT2D eigenvalue weighted by Crippen LogP contribution is -2.30. The van der Waals surface area contributed by atoms with Crippen LogP contribution in [0.15, 0.2) is 48.5 Å². The van der Waals surface area contributed by atoms with Gasteiger partial charge in [-0.1, -0.05) is 18.2 Å². The van der Waals surface area contributed by atoms with Gasteiger partial charge in [0.2, 0.25) is 0 Å². The van der Waals surface area contributed by atoms with Crippen LogP contribution in [0.25, 0.3) is 0 Å². The summed E-state index contributed by atoms with van der Waals surface area (Å²) in [4.78, 5) is 24.9. The molecule has 2 aromatic rings. The fourth-order valence-corrected chi connectivity index (χ4v) is 2.34. The Balaban J connectivity index is 2.20. The summed E-state index contributed by atoms with van der Waals surface area (Å²) in [5, 5.41) is 0. The van der Waals surface area contributed by atoms with Crippen molar-refractivity contribution < 1.29 is 14.3 Å². The van der Waals surface area contributed by atoms with Gasteiger partial charge in [0.05, 0.1) is 6.61 Å². The number of aldehydes is 1. The van der Waals surface area contributed by atoms with Crippen LogP contribution in [0.1, 0.15) is 29.3 Å². The Morgan fingerprint density at radius 2 is 1.96 bits per heavy atom. The first-order chi connectivity index (χ1) is 11.2. The Kier molecular flexibility index (Phi) is 5.92. The number of nitrogens with zero attached hydrogens (tertiary/aromatic N) is 1. The zero-order valence-electron chi connectivity index (χ0n) is 13.5. The number of benzene rings is 2. The van der Waals surface area contributed by atoms with E-state index in [0.29, 0.717) is 30.9 Å². The first-order valence-corrected chi connectivity index (χ1v) is 7.70. The van der Waals surface area contributed by atoms with E-state index in [9.17, 15) is 9.59 Å². The van der Waals surface area contributed by atoms with Crippen LogP contribution in [0.2, 0.25) is 0 Å². The molecule has 23 heavy (non-hydrogen) atoms. The highest BCUT2D eigenvalue weighted by molar-refractivity contribution is 6.06. The molecule has 120 valence electrons. The first-order valence-electron chi connectivity index (χ1n) is 7.70. The summed E-state index contributed by atoms with van der Waals surface area (Å²) in [6, 6.07) is 14.9. The fraction of sp³-hybridized carbons (Fsp3) is 0.263. The summed E-state index contributed by atoms with van der Waals surface area (Å²) in [6.45, 7) is 4.85. The maximum absolute atomic E-state index is 12.8. The molecule has 0 unspecified atom stereocenters. The molecule has 4 nitrogen and oxygen atoms in total. The third-order valence-electron chi connectivity index (χ3n) is 3.46. The van der Waals surface area contributed by atoms with E-state index in [2.05, 4.69) is 0 Å². The zero-order valence-corrected chi connectivity index (χ0v) is 13.5. The molecule has 0 aliphatic heterocycles. The fourth-order valence-electron chi connectivity index (χ4n) is 2.34. The number of ether oxygens (including phenoxy) is 1. The summed E-state index contributed by atoms with van der Waals surface area (Å²) in [6.07, 6.45) is 1.15. The Morgan fingerprint density at radius 1 is 1.17 bits per heavy atom. The van der Waals surface area contributed by atoms with Crippen molar-refractivity contribution in [2.24, 2.45) is 0 Å². The van der Waals surface area contributed by atoms with Crippen molar-refractivity contribution in [2.45, 2.75) is 20.3 Å². The lowest BCUT2D eigenvalue weighted by atomic mass is 10.1. The molecule has 2 aromatic carbocycles. The topological polar surface area (TPSA) is 46.6 Å². The summed E-state index contributed by atoms with van der Waals surface area (Å²) in [5.41, 5.74) is 2.56. The monoisotopic (exact) mass is 311 g/mol. The van der Waals surface area contributed by atoms with Crippen molar-refractivity contribution in [3.05, 3.63) is 59.7 Å². The number of rotatable bonds is 7. The maximum Gasteiger partial charge on any atom is 0.258 e. The van der Waals surface area contributed by atoms with Crippen molar-refractivity contribution in [2.75, 3.05) is 18.1 Å². The van der Waals surface area contributed by atoms with Crippen LogP contribution >= 0.6 is 0 Å². The van der Waals surface area contributed by atoms with Crippen LogP contribution in [-0.4, -0.2) is 25.3 Å². The van der Waals surface area contributed by atoms with E-state index in [1.165, 1.54) is 0 Å². The zero-order chi connectivity index (χ0) is 16.7. The number of carbonyl (C=O) groups is 2. The van der Waals surface area contributed by atoms with E-state index in [0.717, 1.165) is 17.5 Å². The SMILES string of the molecule is CCN(C(=O)c1cccc(OCCC=O)c1)c1cccc(C)c1.